The fourth-order valence-electron chi connectivity index (χ4n) is 3.55. The average molecular weight is 526 g/mol. The first-order valence-corrected chi connectivity index (χ1v) is 9.88. The largest absolute Gasteiger partial charge is 0.367 e. The zero-order valence-corrected chi connectivity index (χ0v) is 19.4. The van der Waals surface area contributed by atoms with Crippen molar-refractivity contribution < 1.29 is 0 Å². The number of rotatable bonds is 4. The monoisotopic (exact) mass is 525 g/mol. The molecule has 3 heterocycles. The highest BCUT2D eigenvalue weighted by Gasteiger charge is 2.21. The number of hydrogen-bond donors (Lipinski definition) is 1. The Balaban J connectivity index is 0.00000240. The van der Waals surface area contributed by atoms with Crippen molar-refractivity contribution in [3.05, 3.63) is 59.5 Å². The van der Waals surface area contributed by atoms with Crippen molar-refractivity contribution in [1.82, 2.24) is 24.8 Å². The Labute approximate surface area is 192 Å². The van der Waals surface area contributed by atoms with Crippen LogP contribution in [0.2, 0.25) is 5.02 Å². The van der Waals surface area contributed by atoms with Crippen molar-refractivity contribution in [3.63, 3.8) is 0 Å². The molecule has 1 aliphatic rings. The molecule has 29 heavy (non-hydrogen) atoms. The van der Waals surface area contributed by atoms with E-state index in [4.69, 9.17) is 11.6 Å². The van der Waals surface area contributed by atoms with Crippen LogP contribution in [-0.2, 0) is 6.42 Å². The van der Waals surface area contributed by atoms with Crippen LogP contribution in [0.4, 0.5) is 5.69 Å². The fourth-order valence-corrected chi connectivity index (χ4v) is 3.80. The number of pyridine rings is 1. The summed E-state index contributed by atoms with van der Waals surface area (Å²) in [6.07, 6.45) is 2.78. The van der Waals surface area contributed by atoms with Gasteiger partial charge in [-0.3, -0.25) is 9.39 Å². The highest BCUT2D eigenvalue weighted by Crippen LogP contribution is 2.25. The number of benzene rings is 1. The van der Waals surface area contributed by atoms with Crippen molar-refractivity contribution in [3.8, 4) is 0 Å². The Kier molecular flexibility index (Phi) is 7.54. The average Bonchev–Trinajstić information content (AvgIpc) is 3.15. The molecule has 1 saturated heterocycles. The van der Waals surface area contributed by atoms with Crippen LogP contribution in [0.5, 0.6) is 0 Å². The van der Waals surface area contributed by atoms with E-state index in [2.05, 4.69) is 36.4 Å². The molecule has 0 bridgehead atoms. The lowest BCUT2D eigenvalue weighted by Crippen LogP contribution is -2.52. The second-order valence-corrected chi connectivity index (χ2v) is 7.10. The first-order valence-electron chi connectivity index (χ1n) is 9.50. The van der Waals surface area contributed by atoms with E-state index in [0.29, 0.717) is 0 Å². The molecule has 1 N–H and O–H groups in total. The molecular formula is C20H25ClIN7. The highest BCUT2D eigenvalue weighted by molar-refractivity contribution is 14.0. The number of anilines is 1. The molecule has 3 aromatic rings. The molecule has 1 aromatic carbocycles. The number of fused-ring (bicyclic) bond motifs is 1. The molecule has 0 amide bonds. The normalized spacial score (nSPS) is 14.8. The van der Waals surface area contributed by atoms with Crippen LogP contribution < -0.4 is 10.2 Å². The Hall–Kier alpha value is -2.07. The van der Waals surface area contributed by atoms with E-state index >= 15 is 0 Å². The Morgan fingerprint density at radius 3 is 2.59 bits per heavy atom. The van der Waals surface area contributed by atoms with Crippen molar-refractivity contribution in [1.29, 1.82) is 0 Å². The van der Waals surface area contributed by atoms with Gasteiger partial charge in [0.05, 0.1) is 10.7 Å². The van der Waals surface area contributed by atoms with Gasteiger partial charge in [0.25, 0.3) is 0 Å². The summed E-state index contributed by atoms with van der Waals surface area (Å²) in [5.41, 5.74) is 1.98. The topological polar surface area (TPSA) is 61.1 Å². The summed E-state index contributed by atoms with van der Waals surface area (Å²) >= 11 is 6.34. The number of halogens is 2. The summed E-state index contributed by atoms with van der Waals surface area (Å²) in [5.74, 6) is 1.87. The maximum absolute atomic E-state index is 6.34. The predicted molar refractivity (Wildman–Crippen MR) is 129 cm³/mol. The molecule has 154 valence electrons. The minimum absolute atomic E-state index is 0. The molecule has 0 saturated carbocycles. The number of para-hydroxylation sites is 1. The maximum atomic E-state index is 6.34. The summed E-state index contributed by atoms with van der Waals surface area (Å²) in [6.45, 7) is 4.39. The predicted octanol–water partition coefficient (Wildman–Crippen LogP) is 2.94. The van der Waals surface area contributed by atoms with E-state index in [0.717, 1.165) is 67.3 Å². The van der Waals surface area contributed by atoms with Crippen LogP contribution in [-0.4, -0.2) is 65.2 Å². The SMILES string of the molecule is CN=C(NCCc1nnc2ccccn12)N1CCN(c2ccccc2Cl)CC1.I. The number of hydrogen-bond acceptors (Lipinski definition) is 4. The van der Waals surface area contributed by atoms with E-state index in [1.165, 1.54) is 0 Å². The lowest BCUT2D eigenvalue weighted by Gasteiger charge is -2.38. The summed E-state index contributed by atoms with van der Waals surface area (Å²) < 4.78 is 2.02. The number of aromatic nitrogens is 3. The maximum Gasteiger partial charge on any atom is 0.193 e. The van der Waals surface area contributed by atoms with Crippen LogP contribution in [0.25, 0.3) is 5.65 Å². The van der Waals surface area contributed by atoms with Gasteiger partial charge in [-0.15, -0.1) is 34.2 Å². The van der Waals surface area contributed by atoms with Gasteiger partial charge in [0, 0.05) is 52.4 Å². The number of nitrogens with zero attached hydrogens (tertiary/aromatic N) is 6. The van der Waals surface area contributed by atoms with E-state index in [1.807, 2.05) is 54.0 Å². The number of piperazine rings is 1. The van der Waals surface area contributed by atoms with Crippen molar-refractivity contribution in [2.75, 3.05) is 44.7 Å². The van der Waals surface area contributed by atoms with Crippen molar-refractivity contribution >= 4 is 52.9 Å². The third kappa shape index (κ3) is 4.92. The van der Waals surface area contributed by atoms with E-state index in [1.54, 1.807) is 0 Å². The molecule has 0 unspecified atom stereocenters. The van der Waals surface area contributed by atoms with Gasteiger partial charge in [-0.1, -0.05) is 29.8 Å². The molecule has 0 aliphatic carbocycles. The first kappa shape index (κ1) is 21.6. The van der Waals surface area contributed by atoms with Gasteiger partial charge >= 0.3 is 0 Å². The smallest absolute Gasteiger partial charge is 0.193 e. The van der Waals surface area contributed by atoms with Gasteiger partial charge in [0.1, 0.15) is 5.82 Å². The molecule has 9 heteroatoms. The van der Waals surface area contributed by atoms with Crippen LogP contribution >= 0.6 is 35.6 Å². The van der Waals surface area contributed by atoms with Gasteiger partial charge < -0.3 is 15.1 Å². The molecule has 0 radical (unpaired) electrons. The Bertz CT molecular complexity index is 966. The van der Waals surface area contributed by atoms with Gasteiger partial charge in [-0.2, -0.15) is 0 Å². The number of nitrogens with one attached hydrogen (secondary N) is 1. The van der Waals surface area contributed by atoms with Gasteiger partial charge in [-0.25, -0.2) is 0 Å². The van der Waals surface area contributed by atoms with Crippen molar-refractivity contribution in [2.45, 2.75) is 6.42 Å². The standard InChI is InChI=1S/C20H24ClN7.HI/c1-22-20(23-10-9-19-25-24-18-8-4-5-11-28(18)19)27-14-12-26(13-15-27)17-7-3-2-6-16(17)21;/h2-8,11H,9-10,12-15H2,1H3,(H,22,23);1H. The molecule has 4 rings (SSSR count). The fraction of sp³-hybridized carbons (Fsp3) is 0.350. The minimum Gasteiger partial charge on any atom is -0.367 e. The molecule has 7 nitrogen and oxygen atoms in total. The van der Waals surface area contributed by atoms with Crippen molar-refractivity contribution in [2.24, 2.45) is 4.99 Å². The second kappa shape index (κ2) is 10.1. The summed E-state index contributed by atoms with van der Waals surface area (Å²) in [4.78, 5) is 9.07. The third-order valence-corrected chi connectivity index (χ3v) is 5.32. The third-order valence-electron chi connectivity index (χ3n) is 5.00. The van der Waals surface area contributed by atoms with Crippen LogP contribution in [0.3, 0.4) is 0 Å². The Morgan fingerprint density at radius 2 is 1.83 bits per heavy atom. The van der Waals surface area contributed by atoms with Gasteiger partial charge in [0.2, 0.25) is 0 Å². The Morgan fingerprint density at radius 1 is 1.07 bits per heavy atom. The lowest BCUT2D eigenvalue weighted by molar-refractivity contribution is 0.373. The van der Waals surface area contributed by atoms with Gasteiger partial charge in [0.15, 0.2) is 11.6 Å². The number of guanidine groups is 1. The second-order valence-electron chi connectivity index (χ2n) is 6.69. The van der Waals surface area contributed by atoms with E-state index < -0.39 is 0 Å². The molecule has 1 aliphatic heterocycles. The first-order chi connectivity index (χ1) is 13.8. The molecular weight excluding hydrogens is 501 g/mol. The quantitative estimate of drug-likeness (QED) is 0.322. The summed E-state index contributed by atoms with van der Waals surface area (Å²) in [7, 11) is 1.83. The summed E-state index contributed by atoms with van der Waals surface area (Å²) in [5, 5.41) is 12.7. The zero-order valence-electron chi connectivity index (χ0n) is 16.3. The van der Waals surface area contributed by atoms with E-state index in [-0.39, 0.29) is 24.0 Å². The highest BCUT2D eigenvalue weighted by atomic mass is 127. The molecule has 1 fully saturated rings. The van der Waals surface area contributed by atoms with Crippen LogP contribution in [0.1, 0.15) is 5.82 Å². The van der Waals surface area contributed by atoms with Crippen LogP contribution in [0.15, 0.2) is 53.7 Å². The summed E-state index contributed by atoms with van der Waals surface area (Å²) in [6, 6.07) is 13.9. The zero-order chi connectivity index (χ0) is 19.3. The molecule has 0 atom stereocenters. The van der Waals surface area contributed by atoms with Crippen LogP contribution in [0, 0.1) is 0 Å². The molecule has 0 spiro atoms. The minimum atomic E-state index is 0. The molecule has 2 aromatic heterocycles. The number of aliphatic imine (C=N–C) groups is 1. The van der Waals surface area contributed by atoms with Gasteiger partial charge in [-0.05, 0) is 24.3 Å². The van der Waals surface area contributed by atoms with E-state index in [9.17, 15) is 0 Å². The lowest BCUT2D eigenvalue weighted by atomic mass is 10.2.